The van der Waals surface area contributed by atoms with Crippen LogP contribution in [0.2, 0.25) is 5.02 Å². The quantitative estimate of drug-likeness (QED) is 0.312. The Morgan fingerprint density at radius 3 is 2.86 bits per heavy atom. The second-order valence-corrected chi connectivity index (χ2v) is 15.3. The number of allylic oxidation sites excluding steroid dienone is 3. The minimum absolute atomic E-state index is 0.0729. The summed E-state index contributed by atoms with van der Waals surface area (Å²) in [5.41, 5.74) is 2.95. The van der Waals surface area contributed by atoms with Crippen molar-refractivity contribution in [1.29, 1.82) is 0 Å². The van der Waals surface area contributed by atoms with E-state index in [-0.39, 0.29) is 41.4 Å². The third-order valence-electron chi connectivity index (χ3n) is 10.2. The van der Waals surface area contributed by atoms with Gasteiger partial charge in [-0.15, -0.1) is 0 Å². The second-order valence-electron chi connectivity index (χ2n) is 13.6. The third kappa shape index (κ3) is 6.51. The monoisotopic (exact) mass is 641 g/mol. The van der Waals surface area contributed by atoms with Crippen LogP contribution in [0.1, 0.15) is 56.6 Å². The van der Waals surface area contributed by atoms with Crippen molar-refractivity contribution in [3.8, 4) is 0 Å². The van der Waals surface area contributed by atoms with Crippen LogP contribution >= 0.6 is 11.6 Å². The predicted molar refractivity (Wildman–Crippen MR) is 173 cm³/mol. The number of halogens is 1. The molecule has 8 nitrogen and oxygen atoms in total. The number of carbonyl (C=O) groups is 2. The summed E-state index contributed by atoms with van der Waals surface area (Å²) >= 11 is 6.43. The van der Waals surface area contributed by atoms with Crippen molar-refractivity contribution < 1.29 is 23.3 Å². The van der Waals surface area contributed by atoms with Gasteiger partial charge in [-0.05, 0) is 91.8 Å². The fourth-order valence-electron chi connectivity index (χ4n) is 7.63. The van der Waals surface area contributed by atoms with Gasteiger partial charge in [0.1, 0.15) is 11.9 Å². The molecule has 5 aliphatic rings. The standard InChI is InChI=1S/C34H44ClN3O5S/c1-22-6-4-8-30(43-33(40)37(2)3)27-12-9-25(27)18-38-20-34(15-5-7-23-16-26(35)11-13-28(23)34)21-42-31-14-10-24(17-29(31)38)32(39)36-44(41)19-22/h4,8,10-11,13-14,16,22,25,27,29-30,44H,5-7,9,12,15,17-21H2,1-3H3/b8-4+/t22-,25-,27+,29?,30-,34-/m0/s1. The van der Waals surface area contributed by atoms with Gasteiger partial charge in [0, 0.05) is 71.9 Å². The molecule has 0 aromatic heterocycles. The largest absolute Gasteiger partial charge is 0.495 e. The number of carbonyl (C=O) groups excluding carboxylic acids is 2. The Morgan fingerprint density at radius 1 is 1.25 bits per heavy atom. The van der Waals surface area contributed by atoms with Crippen LogP contribution in [0.4, 0.5) is 4.79 Å². The summed E-state index contributed by atoms with van der Waals surface area (Å²) in [5.74, 6) is 1.39. The van der Waals surface area contributed by atoms with E-state index in [0.29, 0.717) is 36.7 Å². The molecule has 2 fully saturated rings. The summed E-state index contributed by atoms with van der Waals surface area (Å²) in [6, 6.07) is 6.13. The molecule has 2 amide bonds. The van der Waals surface area contributed by atoms with Gasteiger partial charge >= 0.3 is 6.09 Å². The van der Waals surface area contributed by atoms with Gasteiger partial charge in [0.15, 0.2) is 0 Å². The van der Waals surface area contributed by atoms with Crippen molar-refractivity contribution in [1.82, 2.24) is 9.80 Å². The molecular weight excluding hydrogens is 598 g/mol. The fraction of sp³-hybridized carbons (Fsp3) is 0.588. The van der Waals surface area contributed by atoms with Crippen molar-refractivity contribution in [2.45, 2.75) is 69.4 Å². The lowest BCUT2D eigenvalue weighted by Gasteiger charge is -2.46. The Morgan fingerprint density at radius 2 is 2.09 bits per heavy atom. The van der Waals surface area contributed by atoms with Crippen LogP contribution in [-0.4, -0.2) is 77.7 Å². The van der Waals surface area contributed by atoms with Crippen molar-refractivity contribution in [2.24, 2.45) is 22.1 Å². The first-order valence-electron chi connectivity index (χ1n) is 15.9. The molecule has 1 aromatic rings. The summed E-state index contributed by atoms with van der Waals surface area (Å²) in [4.78, 5) is 30.0. The smallest absolute Gasteiger partial charge is 0.409 e. The summed E-state index contributed by atoms with van der Waals surface area (Å²) in [6.45, 7) is 4.16. The number of fused-ring (bicyclic) bond motifs is 4. The summed E-state index contributed by atoms with van der Waals surface area (Å²) in [5, 5.41) is 0.754. The average molecular weight is 642 g/mol. The highest BCUT2D eigenvalue weighted by molar-refractivity contribution is 7.75. The molecule has 1 saturated heterocycles. The molecule has 1 saturated carbocycles. The Hall–Kier alpha value is -2.62. The number of hydrogen-bond donors (Lipinski definition) is 1. The van der Waals surface area contributed by atoms with E-state index >= 15 is 0 Å². The molecule has 3 aliphatic carbocycles. The molecule has 2 unspecified atom stereocenters. The lowest BCUT2D eigenvalue weighted by atomic mass is 9.68. The van der Waals surface area contributed by atoms with Crippen LogP contribution in [-0.2, 0) is 36.7 Å². The van der Waals surface area contributed by atoms with Crippen LogP contribution in [0.3, 0.4) is 0 Å². The van der Waals surface area contributed by atoms with E-state index in [1.165, 1.54) is 16.0 Å². The van der Waals surface area contributed by atoms with Crippen LogP contribution in [0, 0.1) is 17.8 Å². The molecule has 2 aliphatic heterocycles. The summed E-state index contributed by atoms with van der Waals surface area (Å²) < 4.78 is 29.7. The lowest BCUT2D eigenvalue weighted by molar-refractivity contribution is -0.114. The van der Waals surface area contributed by atoms with E-state index in [4.69, 9.17) is 21.1 Å². The van der Waals surface area contributed by atoms with Gasteiger partial charge in [-0.3, -0.25) is 13.9 Å². The van der Waals surface area contributed by atoms with Gasteiger partial charge in [-0.25, -0.2) is 4.79 Å². The molecule has 2 heterocycles. The molecule has 0 radical (unpaired) electrons. The number of ether oxygens (including phenoxy) is 2. The van der Waals surface area contributed by atoms with Crippen LogP contribution in [0.5, 0.6) is 0 Å². The van der Waals surface area contributed by atoms with E-state index < -0.39 is 10.6 Å². The SMILES string of the molecule is C[C@H]1C/C=C/[C@H](OC(=O)N(C)C)[C@@H]2CC[C@H]2CN2C[C@@]3(CCCc4cc(Cl)ccc43)COC3=CC=C(CC32)C(=O)/N=[SH](=O)\C1. The highest BCUT2D eigenvalue weighted by atomic mass is 35.5. The van der Waals surface area contributed by atoms with Crippen LogP contribution < -0.4 is 0 Å². The number of benzene rings is 1. The maximum absolute atomic E-state index is 13.3. The van der Waals surface area contributed by atoms with E-state index in [0.717, 1.165) is 56.0 Å². The highest BCUT2D eigenvalue weighted by Gasteiger charge is 2.47. The Labute approximate surface area is 267 Å². The number of nitrogens with zero attached hydrogens (tertiary/aromatic N) is 3. The molecule has 238 valence electrons. The van der Waals surface area contributed by atoms with Crippen LogP contribution in [0.15, 0.2) is 58.2 Å². The molecule has 6 rings (SSSR count). The highest BCUT2D eigenvalue weighted by Crippen LogP contribution is 2.46. The first-order chi connectivity index (χ1) is 21.1. The Bertz CT molecular complexity index is 1480. The molecule has 1 spiro atoms. The Kier molecular flexibility index (Phi) is 9.27. The maximum atomic E-state index is 13.3. The van der Waals surface area contributed by atoms with Crippen molar-refractivity contribution >= 4 is 34.2 Å². The van der Waals surface area contributed by atoms with Gasteiger partial charge < -0.3 is 14.4 Å². The second kappa shape index (κ2) is 13.0. The predicted octanol–water partition coefficient (Wildman–Crippen LogP) is 5.71. The zero-order valence-corrected chi connectivity index (χ0v) is 27.6. The van der Waals surface area contributed by atoms with Crippen molar-refractivity contribution in [3.05, 3.63) is 70.0 Å². The van der Waals surface area contributed by atoms with Crippen molar-refractivity contribution in [2.75, 3.05) is 39.5 Å². The number of thiol groups is 1. The minimum Gasteiger partial charge on any atom is -0.495 e. The third-order valence-corrected chi connectivity index (χ3v) is 11.7. The first kappa shape index (κ1) is 31.4. The molecule has 7 atom stereocenters. The van der Waals surface area contributed by atoms with E-state index in [1.807, 2.05) is 37.3 Å². The molecule has 1 aromatic carbocycles. The normalized spacial score (nSPS) is 35.2. The van der Waals surface area contributed by atoms with Crippen molar-refractivity contribution in [3.63, 3.8) is 0 Å². The average Bonchev–Trinajstić information content (AvgIpc) is 3.11. The molecule has 0 N–H and O–H groups in total. The summed E-state index contributed by atoms with van der Waals surface area (Å²) in [7, 11) is 1.38. The summed E-state index contributed by atoms with van der Waals surface area (Å²) in [6.07, 6.45) is 13.3. The number of aryl methyl sites for hydroxylation is 1. The fourth-order valence-corrected chi connectivity index (χ4v) is 8.92. The Balaban J connectivity index is 1.38. The molecular formula is C34H44ClN3O5S. The topological polar surface area (TPSA) is 88.5 Å². The maximum Gasteiger partial charge on any atom is 0.409 e. The van der Waals surface area contributed by atoms with Gasteiger partial charge in [0.05, 0.1) is 12.6 Å². The van der Waals surface area contributed by atoms with E-state index in [1.54, 1.807) is 14.1 Å². The number of amides is 2. The number of rotatable bonds is 1. The van der Waals surface area contributed by atoms with Gasteiger partial charge in [0.25, 0.3) is 5.91 Å². The van der Waals surface area contributed by atoms with E-state index in [9.17, 15) is 13.8 Å². The van der Waals surface area contributed by atoms with Gasteiger partial charge in [-0.1, -0.05) is 30.7 Å². The minimum atomic E-state index is -2.03. The van der Waals surface area contributed by atoms with E-state index in [2.05, 4.69) is 21.4 Å². The first-order valence-corrected chi connectivity index (χ1v) is 17.7. The zero-order chi connectivity index (χ0) is 31.0. The van der Waals surface area contributed by atoms with Gasteiger partial charge in [-0.2, -0.15) is 4.36 Å². The zero-order valence-electron chi connectivity index (χ0n) is 25.9. The number of hydrogen-bond acceptors (Lipinski definition) is 6. The lowest BCUT2D eigenvalue weighted by Crippen LogP contribution is -2.52. The molecule has 2 bridgehead atoms. The molecule has 44 heavy (non-hydrogen) atoms. The van der Waals surface area contributed by atoms with Crippen LogP contribution in [0.25, 0.3) is 0 Å². The van der Waals surface area contributed by atoms with Gasteiger partial charge in [0.2, 0.25) is 0 Å². The molecule has 10 heteroatoms.